The molecular formula is C13H22N4O3. The SMILES string of the molecule is CCn1cnnc1CNC(=O)CCC(=O)OC(C)(C)C. The van der Waals surface area contributed by atoms with Crippen molar-refractivity contribution in [3.05, 3.63) is 12.2 Å². The molecular weight excluding hydrogens is 260 g/mol. The lowest BCUT2D eigenvalue weighted by molar-refractivity contribution is -0.155. The summed E-state index contributed by atoms with van der Waals surface area (Å²) in [5.41, 5.74) is -0.523. The predicted octanol–water partition coefficient (Wildman–Crippen LogP) is 1.04. The first-order valence-corrected chi connectivity index (χ1v) is 6.67. The van der Waals surface area contributed by atoms with Crippen LogP contribution in [0.25, 0.3) is 0 Å². The molecule has 7 nitrogen and oxygen atoms in total. The number of amides is 1. The molecule has 0 unspecified atom stereocenters. The van der Waals surface area contributed by atoms with Crippen molar-refractivity contribution in [1.82, 2.24) is 20.1 Å². The van der Waals surface area contributed by atoms with Crippen molar-refractivity contribution >= 4 is 11.9 Å². The summed E-state index contributed by atoms with van der Waals surface area (Å²) in [6, 6.07) is 0. The van der Waals surface area contributed by atoms with Crippen molar-refractivity contribution in [2.75, 3.05) is 0 Å². The number of aryl methyl sites for hydroxylation is 1. The monoisotopic (exact) mass is 282 g/mol. The molecule has 0 atom stereocenters. The number of carbonyl (C=O) groups is 2. The molecule has 20 heavy (non-hydrogen) atoms. The normalized spacial score (nSPS) is 11.2. The molecule has 1 aromatic rings. The van der Waals surface area contributed by atoms with E-state index >= 15 is 0 Å². The van der Waals surface area contributed by atoms with Crippen molar-refractivity contribution in [2.45, 2.75) is 59.2 Å². The quantitative estimate of drug-likeness (QED) is 0.788. The van der Waals surface area contributed by atoms with Crippen molar-refractivity contribution in [1.29, 1.82) is 0 Å². The van der Waals surface area contributed by atoms with Crippen LogP contribution in [0.4, 0.5) is 0 Å². The first kappa shape index (κ1) is 16.1. The zero-order chi connectivity index (χ0) is 15.2. The number of nitrogens with one attached hydrogen (secondary N) is 1. The minimum atomic E-state index is -0.523. The largest absolute Gasteiger partial charge is 0.460 e. The van der Waals surface area contributed by atoms with E-state index in [1.807, 2.05) is 11.5 Å². The number of carbonyl (C=O) groups excluding carboxylic acids is 2. The van der Waals surface area contributed by atoms with Crippen LogP contribution in [0.1, 0.15) is 46.4 Å². The van der Waals surface area contributed by atoms with Gasteiger partial charge in [0.2, 0.25) is 5.91 Å². The predicted molar refractivity (Wildman–Crippen MR) is 72.6 cm³/mol. The second kappa shape index (κ2) is 7.02. The smallest absolute Gasteiger partial charge is 0.306 e. The Morgan fingerprint density at radius 3 is 2.65 bits per heavy atom. The van der Waals surface area contributed by atoms with Crippen LogP contribution in [0.5, 0.6) is 0 Å². The van der Waals surface area contributed by atoms with Gasteiger partial charge in [-0.15, -0.1) is 10.2 Å². The highest BCUT2D eigenvalue weighted by atomic mass is 16.6. The summed E-state index contributed by atoms with van der Waals surface area (Å²) < 4.78 is 6.97. The van der Waals surface area contributed by atoms with Gasteiger partial charge in [-0.2, -0.15) is 0 Å². The van der Waals surface area contributed by atoms with E-state index in [4.69, 9.17) is 4.74 Å². The van der Waals surface area contributed by atoms with Crippen LogP contribution in [-0.2, 0) is 27.4 Å². The highest BCUT2D eigenvalue weighted by molar-refractivity contribution is 5.81. The van der Waals surface area contributed by atoms with Gasteiger partial charge < -0.3 is 14.6 Å². The Labute approximate surface area is 118 Å². The van der Waals surface area contributed by atoms with Crippen molar-refractivity contribution in [3.63, 3.8) is 0 Å². The van der Waals surface area contributed by atoms with Crippen LogP contribution in [-0.4, -0.2) is 32.2 Å². The molecule has 112 valence electrons. The highest BCUT2D eigenvalue weighted by Gasteiger charge is 2.17. The summed E-state index contributed by atoms with van der Waals surface area (Å²) >= 11 is 0. The molecule has 0 radical (unpaired) electrons. The van der Waals surface area contributed by atoms with Gasteiger partial charge in [-0.25, -0.2) is 0 Å². The van der Waals surface area contributed by atoms with Gasteiger partial charge in [-0.1, -0.05) is 0 Å². The lowest BCUT2D eigenvalue weighted by atomic mass is 10.2. The Bertz CT molecular complexity index is 462. The van der Waals surface area contributed by atoms with Crippen LogP contribution < -0.4 is 5.32 Å². The molecule has 0 aliphatic heterocycles. The zero-order valence-corrected chi connectivity index (χ0v) is 12.5. The maximum Gasteiger partial charge on any atom is 0.306 e. The molecule has 0 fully saturated rings. The van der Waals surface area contributed by atoms with Crippen LogP contribution in [0.3, 0.4) is 0 Å². The summed E-state index contributed by atoms with van der Waals surface area (Å²) in [6.45, 7) is 8.40. The standard InChI is InChI=1S/C13H22N4O3/c1-5-17-9-15-16-10(17)8-14-11(18)6-7-12(19)20-13(2,3)4/h9H,5-8H2,1-4H3,(H,14,18). The number of rotatable bonds is 6. The van der Waals surface area contributed by atoms with E-state index < -0.39 is 5.60 Å². The van der Waals surface area contributed by atoms with Crippen LogP contribution >= 0.6 is 0 Å². The molecule has 0 bridgehead atoms. The molecule has 0 aliphatic rings. The minimum absolute atomic E-state index is 0.0730. The van der Waals surface area contributed by atoms with Gasteiger partial charge in [0.15, 0.2) is 5.82 Å². The Kier molecular flexibility index (Phi) is 5.66. The Morgan fingerprint density at radius 1 is 1.35 bits per heavy atom. The summed E-state index contributed by atoms with van der Waals surface area (Å²) in [7, 11) is 0. The van der Waals surface area contributed by atoms with Gasteiger partial charge in [0.05, 0.1) is 13.0 Å². The van der Waals surface area contributed by atoms with E-state index in [1.165, 1.54) is 0 Å². The summed E-state index contributed by atoms with van der Waals surface area (Å²) in [6.07, 6.45) is 1.79. The Morgan fingerprint density at radius 2 is 2.05 bits per heavy atom. The molecule has 1 aromatic heterocycles. The molecule has 1 N–H and O–H groups in total. The topological polar surface area (TPSA) is 86.1 Å². The molecule has 1 rings (SSSR count). The van der Waals surface area contributed by atoms with Crippen LogP contribution in [0.2, 0.25) is 0 Å². The van der Waals surface area contributed by atoms with Crippen LogP contribution in [0.15, 0.2) is 6.33 Å². The third-order valence-corrected chi connectivity index (χ3v) is 2.46. The first-order chi connectivity index (χ1) is 9.31. The second-order valence-corrected chi connectivity index (χ2v) is 5.40. The van der Waals surface area contributed by atoms with Gasteiger partial charge in [-0.05, 0) is 27.7 Å². The van der Waals surface area contributed by atoms with Gasteiger partial charge >= 0.3 is 5.97 Å². The average Bonchev–Trinajstić information content (AvgIpc) is 2.79. The lowest BCUT2D eigenvalue weighted by Crippen LogP contribution is -2.27. The highest BCUT2D eigenvalue weighted by Crippen LogP contribution is 2.09. The fourth-order valence-electron chi connectivity index (χ4n) is 1.55. The summed E-state index contributed by atoms with van der Waals surface area (Å²) in [5.74, 6) is 0.115. The average molecular weight is 282 g/mol. The third kappa shape index (κ3) is 5.81. The molecule has 7 heteroatoms. The lowest BCUT2D eigenvalue weighted by Gasteiger charge is -2.19. The first-order valence-electron chi connectivity index (χ1n) is 6.67. The number of esters is 1. The third-order valence-electron chi connectivity index (χ3n) is 2.46. The van der Waals surface area contributed by atoms with Crippen molar-refractivity contribution < 1.29 is 14.3 Å². The van der Waals surface area contributed by atoms with E-state index in [0.717, 1.165) is 6.54 Å². The van der Waals surface area contributed by atoms with E-state index in [2.05, 4.69) is 15.5 Å². The molecule has 1 amide bonds. The number of ether oxygens (including phenoxy) is 1. The second-order valence-electron chi connectivity index (χ2n) is 5.40. The van der Waals surface area contributed by atoms with E-state index in [-0.39, 0.29) is 24.7 Å². The van der Waals surface area contributed by atoms with Gasteiger partial charge in [0.25, 0.3) is 0 Å². The molecule has 0 saturated carbocycles. The number of hydrogen-bond donors (Lipinski definition) is 1. The maximum absolute atomic E-state index is 11.6. The van der Waals surface area contributed by atoms with Crippen molar-refractivity contribution in [2.24, 2.45) is 0 Å². The minimum Gasteiger partial charge on any atom is -0.460 e. The number of hydrogen-bond acceptors (Lipinski definition) is 5. The maximum atomic E-state index is 11.6. The number of aromatic nitrogens is 3. The van der Waals surface area contributed by atoms with E-state index in [1.54, 1.807) is 27.1 Å². The van der Waals surface area contributed by atoms with E-state index in [0.29, 0.717) is 12.4 Å². The van der Waals surface area contributed by atoms with Crippen molar-refractivity contribution in [3.8, 4) is 0 Å². The fourth-order valence-corrected chi connectivity index (χ4v) is 1.55. The number of nitrogens with zero attached hydrogens (tertiary/aromatic N) is 3. The van der Waals surface area contributed by atoms with Crippen LogP contribution in [0, 0.1) is 0 Å². The molecule has 0 aromatic carbocycles. The fraction of sp³-hybridized carbons (Fsp3) is 0.692. The molecule has 0 saturated heterocycles. The summed E-state index contributed by atoms with van der Waals surface area (Å²) in [4.78, 5) is 23.1. The van der Waals surface area contributed by atoms with Gasteiger partial charge in [0.1, 0.15) is 11.9 Å². The molecule has 1 heterocycles. The van der Waals surface area contributed by atoms with E-state index in [9.17, 15) is 9.59 Å². The Hall–Kier alpha value is -1.92. The summed E-state index contributed by atoms with van der Waals surface area (Å²) in [5, 5.41) is 10.4. The van der Waals surface area contributed by atoms with Gasteiger partial charge in [0, 0.05) is 13.0 Å². The Balaban J connectivity index is 2.29. The molecule has 0 spiro atoms. The zero-order valence-electron chi connectivity index (χ0n) is 12.5. The van der Waals surface area contributed by atoms with Gasteiger partial charge in [-0.3, -0.25) is 9.59 Å². The molecule has 0 aliphatic carbocycles.